The van der Waals surface area contributed by atoms with Crippen LogP contribution in [0.3, 0.4) is 0 Å². The van der Waals surface area contributed by atoms with Crippen LogP contribution in [0.15, 0.2) is 23.2 Å². The number of guanidine groups is 1. The monoisotopic (exact) mass is 406 g/mol. The van der Waals surface area contributed by atoms with Crippen molar-refractivity contribution in [3.63, 3.8) is 0 Å². The van der Waals surface area contributed by atoms with Crippen molar-refractivity contribution in [1.29, 1.82) is 0 Å². The van der Waals surface area contributed by atoms with Gasteiger partial charge in [0.05, 0.1) is 18.6 Å². The molecule has 0 bridgehead atoms. The van der Waals surface area contributed by atoms with E-state index in [0.29, 0.717) is 45.4 Å². The number of nitrogens with one attached hydrogen (secondary N) is 3. The molecular formula is C22H38N4O3. The number of rotatable bonds is 12. The van der Waals surface area contributed by atoms with Crippen molar-refractivity contribution in [2.24, 2.45) is 10.4 Å². The number of carbonyl (C=O) groups excluding carboxylic acids is 1. The van der Waals surface area contributed by atoms with Crippen molar-refractivity contribution in [1.82, 2.24) is 16.0 Å². The lowest BCUT2D eigenvalue weighted by atomic mass is 9.92. The molecule has 3 N–H and O–H groups in total. The standard InChI is InChI=1S/C22H38N4O3/c1-7-23-20(27)22(5,6)16-26-21(24-8-2)25-15-18-11-10-17(4)14-19(18)29-13-12-28-9-3/h10-11,14H,7-9,12-13,15-16H2,1-6H3,(H,23,27)(H2,24,25,26). The SMILES string of the molecule is CCNC(=O)C(C)(C)CNC(=NCc1ccc(C)cc1OCCOCC)NCC. The van der Waals surface area contributed by atoms with Gasteiger partial charge in [-0.1, -0.05) is 12.1 Å². The summed E-state index contributed by atoms with van der Waals surface area (Å²) in [5.41, 5.74) is 1.61. The van der Waals surface area contributed by atoms with Gasteiger partial charge >= 0.3 is 0 Å². The summed E-state index contributed by atoms with van der Waals surface area (Å²) in [6.07, 6.45) is 0. The average molecular weight is 407 g/mol. The summed E-state index contributed by atoms with van der Waals surface area (Å²) in [6.45, 7) is 15.8. The fourth-order valence-corrected chi connectivity index (χ4v) is 2.57. The molecule has 0 heterocycles. The van der Waals surface area contributed by atoms with E-state index in [9.17, 15) is 4.79 Å². The zero-order valence-corrected chi connectivity index (χ0v) is 18.9. The van der Waals surface area contributed by atoms with Crippen LogP contribution in [0.4, 0.5) is 0 Å². The molecule has 7 heteroatoms. The highest BCUT2D eigenvalue weighted by Crippen LogP contribution is 2.21. The van der Waals surface area contributed by atoms with Crippen molar-refractivity contribution in [3.05, 3.63) is 29.3 Å². The molecule has 0 saturated carbocycles. The van der Waals surface area contributed by atoms with E-state index in [1.165, 1.54) is 0 Å². The summed E-state index contributed by atoms with van der Waals surface area (Å²) in [6, 6.07) is 6.12. The molecule has 7 nitrogen and oxygen atoms in total. The van der Waals surface area contributed by atoms with E-state index < -0.39 is 5.41 Å². The highest BCUT2D eigenvalue weighted by atomic mass is 16.5. The lowest BCUT2D eigenvalue weighted by Gasteiger charge is -2.25. The number of hydrogen-bond acceptors (Lipinski definition) is 4. The van der Waals surface area contributed by atoms with E-state index in [1.807, 2.05) is 53.7 Å². The van der Waals surface area contributed by atoms with Gasteiger partial charge in [0.1, 0.15) is 12.4 Å². The minimum absolute atomic E-state index is 0.0202. The second-order valence-corrected chi connectivity index (χ2v) is 7.45. The molecule has 0 saturated heterocycles. The second kappa shape index (κ2) is 13.0. The minimum Gasteiger partial charge on any atom is -0.491 e. The van der Waals surface area contributed by atoms with Crippen molar-refractivity contribution in [3.8, 4) is 5.75 Å². The van der Waals surface area contributed by atoms with Crippen molar-refractivity contribution >= 4 is 11.9 Å². The molecule has 0 spiro atoms. The number of aliphatic imine (C=N–C) groups is 1. The molecule has 0 aliphatic carbocycles. The first kappa shape index (κ1) is 24.8. The van der Waals surface area contributed by atoms with Gasteiger partial charge in [-0.2, -0.15) is 0 Å². The molecule has 1 aromatic carbocycles. The number of carbonyl (C=O) groups is 1. The zero-order valence-electron chi connectivity index (χ0n) is 18.9. The molecule has 1 amide bonds. The maximum absolute atomic E-state index is 12.2. The molecule has 0 radical (unpaired) electrons. The van der Waals surface area contributed by atoms with Gasteiger partial charge in [0.25, 0.3) is 0 Å². The van der Waals surface area contributed by atoms with Gasteiger partial charge in [-0.25, -0.2) is 4.99 Å². The second-order valence-electron chi connectivity index (χ2n) is 7.45. The Morgan fingerprint density at radius 2 is 1.79 bits per heavy atom. The number of aryl methyl sites for hydroxylation is 1. The van der Waals surface area contributed by atoms with Gasteiger partial charge in [-0.3, -0.25) is 4.79 Å². The Labute approximate surface area is 175 Å². The van der Waals surface area contributed by atoms with Gasteiger partial charge in [0, 0.05) is 31.8 Å². The topological polar surface area (TPSA) is 84.0 Å². The molecule has 0 atom stereocenters. The predicted octanol–water partition coefficient (Wildman–Crippen LogP) is 2.63. The van der Waals surface area contributed by atoms with Crippen molar-refractivity contribution in [2.45, 2.75) is 48.1 Å². The Kier molecular flexibility index (Phi) is 11.1. The van der Waals surface area contributed by atoms with Gasteiger partial charge in [-0.15, -0.1) is 0 Å². The Bertz CT molecular complexity index is 659. The highest BCUT2D eigenvalue weighted by molar-refractivity contribution is 5.84. The summed E-state index contributed by atoms with van der Waals surface area (Å²) in [4.78, 5) is 16.9. The zero-order chi connectivity index (χ0) is 21.7. The first-order chi connectivity index (χ1) is 13.8. The van der Waals surface area contributed by atoms with Crippen LogP contribution in [0.2, 0.25) is 0 Å². The van der Waals surface area contributed by atoms with Gasteiger partial charge in [-0.05, 0) is 53.2 Å². The van der Waals surface area contributed by atoms with Crippen LogP contribution in [0.1, 0.15) is 45.7 Å². The number of benzene rings is 1. The molecule has 0 fully saturated rings. The fourth-order valence-electron chi connectivity index (χ4n) is 2.57. The van der Waals surface area contributed by atoms with Crippen LogP contribution in [0, 0.1) is 12.3 Å². The van der Waals surface area contributed by atoms with E-state index in [0.717, 1.165) is 23.4 Å². The van der Waals surface area contributed by atoms with Gasteiger partial charge in [0.2, 0.25) is 5.91 Å². The Hall–Kier alpha value is -2.28. The third kappa shape index (κ3) is 9.17. The average Bonchev–Trinajstić information content (AvgIpc) is 2.68. The molecule has 29 heavy (non-hydrogen) atoms. The van der Waals surface area contributed by atoms with Crippen LogP contribution in [0.25, 0.3) is 0 Å². The third-order valence-electron chi connectivity index (χ3n) is 4.31. The largest absolute Gasteiger partial charge is 0.491 e. The minimum atomic E-state index is -0.538. The van der Waals surface area contributed by atoms with Crippen molar-refractivity contribution < 1.29 is 14.3 Å². The van der Waals surface area contributed by atoms with Crippen LogP contribution in [0.5, 0.6) is 5.75 Å². The molecule has 164 valence electrons. The summed E-state index contributed by atoms with van der Waals surface area (Å²) in [7, 11) is 0. The normalized spacial score (nSPS) is 11.9. The quantitative estimate of drug-likeness (QED) is 0.282. The van der Waals surface area contributed by atoms with E-state index in [2.05, 4.69) is 27.0 Å². The van der Waals surface area contributed by atoms with Crippen LogP contribution < -0.4 is 20.7 Å². The van der Waals surface area contributed by atoms with Crippen molar-refractivity contribution in [2.75, 3.05) is 39.5 Å². The first-order valence-corrected chi connectivity index (χ1v) is 10.4. The Morgan fingerprint density at radius 3 is 2.45 bits per heavy atom. The number of hydrogen-bond donors (Lipinski definition) is 3. The fraction of sp³-hybridized carbons (Fsp3) is 0.636. The lowest BCUT2D eigenvalue weighted by molar-refractivity contribution is -0.128. The Morgan fingerprint density at radius 1 is 1.07 bits per heavy atom. The lowest BCUT2D eigenvalue weighted by Crippen LogP contribution is -2.47. The van der Waals surface area contributed by atoms with Gasteiger partial charge in [0.15, 0.2) is 5.96 Å². The van der Waals surface area contributed by atoms with Crippen LogP contribution in [-0.4, -0.2) is 51.3 Å². The third-order valence-corrected chi connectivity index (χ3v) is 4.31. The molecule has 1 rings (SSSR count). The summed E-state index contributed by atoms with van der Waals surface area (Å²) >= 11 is 0. The van der Waals surface area contributed by atoms with Gasteiger partial charge < -0.3 is 25.4 Å². The van der Waals surface area contributed by atoms with E-state index in [-0.39, 0.29) is 5.91 Å². The van der Waals surface area contributed by atoms with E-state index in [4.69, 9.17) is 9.47 Å². The number of amides is 1. The number of ether oxygens (including phenoxy) is 2. The van der Waals surface area contributed by atoms with Crippen LogP contribution >= 0.6 is 0 Å². The molecule has 0 aromatic heterocycles. The molecule has 0 unspecified atom stereocenters. The molecule has 0 aliphatic heterocycles. The van der Waals surface area contributed by atoms with E-state index in [1.54, 1.807) is 0 Å². The molecular weight excluding hydrogens is 368 g/mol. The summed E-state index contributed by atoms with van der Waals surface area (Å²) in [5, 5.41) is 9.39. The van der Waals surface area contributed by atoms with E-state index >= 15 is 0 Å². The highest BCUT2D eigenvalue weighted by Gasteiger charge is 2.27. The maximum Gasteiger partial charge on any atom is 0.227 e. The smallest absolute Gasteiger partial charge is 0.227 e. The number of nitrogens with zero attached hydrogens (tertiary/aromatic N) is 1. The predicted molar refractivity (Wildman–Crippen MR) is 118 cm³/mol. The molecule has 0 aliphatic rings. The Balaban J connectivity index is 2.81. The maximum atomic E-state index is 12.2. The molecule has 1 aromatic rings. The summed E-state index contributed by atoms with van der Waals surface area (Å²) in [5.74, 6) is 1.52. The summed E-state index contributed by atoms with van der Waals surface area (Å²) < 4.78 is 11.2. The first-order valence-electron chi connectivity index (χ1n) is 10.4. The van der Waals surface area contributed by atoms with Crippen LogP contribution in [-0.2, 0) is 16.1 Å².